The summed E-state index contributed by atoms with van der Waals surface area (Å²) in [6, 6.07) is 17.8. The number of nitrogens with zero attached hydrogens (tertiary/aromatic N) is 3. The van der Waals surface area contributed by atoms with Crippen LogP contribution in [0.1, 0.15) is 48.3 Å². The number of thiocarbonyl (C=S) groups is 1. The summed E-state index contributed by atoms with van der Waals surface area (Å²) < 4.78 is 8.18. The minimum atomic E-state index is -0.110. The minimum Gasteiger partial charge on any atom is -0.376 e. The van der Waals surface area contributed by atoms with Crippen LogP contribution < -0.4 is 10.6 Å². The van der Waals surface area contributed by atoms with E-state index in [1.54, 1.807) is 6.20 Å². The van der Waals surface area contributed by atoms with Crippen LogP contribution >= 0.6 is 12.2 Å². The summed E-state index contributed by atoms with van der Waals surface area (Å²) in [5.74, 6) is -0.0307. The third kappa shape index (κ3) is 5.23. The van der Waals surface area contributed by atoms with E-state index < -0.39 is 0 Å². The standard InChI is InChI=1S/C27H31N5O2S/c1-19-8-2-3-10-21(19)29-24(33)13-16-32-26(25(30-27(32)35)22-11-4-5-14-28-22)23-12-6-15-31(23)18-20-9-7-17-34-20/h2-6,8,10-12,14-15,20,25-26H,7,9,13,16-18H2,1H3,(H,29,33)(H,30,35)/t20-,25-,26-/m0/s1. The van der Waals surface area contributed by atoms with E-state index in [4.69, 9.17) is 17.0 Å². The smallest absolute Gasteiger partial charge is 0.226 e. The molecule has 2 fully saturated rings. The van der Waals surface area contributed by atoms with Gasteiger partial charge in [-0.05, 0) is 67.9 Å². The molecule has 0 unspecified atom stereocenters. The number of pyridine rings is 1. The summed E-state index contributed by atoms with van der Waals surface area (Å²) in [6.45, 7) is 4.13. The van der Waals surface area contributed by atoms with Crippen molar-refractivity contribution in [2.75, 3.05) is 18.5 Å². The Bertz CT molecular complexity index is 1180. The number of aryl methyl sites for hydroxylation is 1. The number of ether oxygens (including phenoxy) is 1. The summed E-state index contributed by atoms with van der Waals surface area (Å²) in [5.41, 5.74) is 3.95. The van der Waals surface area contributed by atoms with Gasteiger partial charge in [0.05, 0.1) is 23.9 Å². The molecule has 35 heavy (non-hydrogen) atoms. The number of para-hydroxylation sites is 1. The molecule has 2 aliphatic heterocycles. The highest BCUT2D eigenvalue weighted by molar-refractivity contribution is 7.80. The van der Waals surface area contributed by atoms with E-state index >= 15 is 0 Å². The number of anilines is 1. The third-order valence-electron chi connectivity index (χ3n) is 6.79. The SMILES string of the molecule is Cc1ccccc1NC(=O)CCN1C(=S)N[C@@H](c2ccccn2)[C@@H]1c1cccn1C[C@@H]1CCCO1. The highest BCUT2D eigenvalue weighted by atomic mass is 32.1. The Morgan fingerprint density at radius 2 is 2.06 bits per heavy atom. The maximum Gasteiger partial charge on any atom is 0.226 e. The number of carbonyl (C=O) groups excluding carboxylic acids is 1. The van der Waals surface area contributed by atoms with E-state index in [0.29, 0.717) is 18.1 Å². The number of benzene rings is 1. The highest BCUT2D eigenvalue weighted by Gasteiger charge is 2.41. The van der Waals surface area contributed by atoms with Gasteiger partial charge in [-0.1, -0.05) is 24.3 Å². The zero-order valence-electron chi connectivity index (χ0n) is 19.9. The first-order chi connectivity index (χ1) is 17.1. The lowest BCUT2D eigenvalue weighted by Crippen LogP contribution is -2.33. The van der Waals surface area contributed by atoms with Crippen LogP contribution in [0.15, 0.2) is 67.0 Å². The number of rotatable bonds is 8. The number of nitrogens with one attached hydrogen (secondary N) is 2. The maximum atomic E-state index is 12.8. The van der Waals surface area contributed by atoms with Crippen molar-refractivity contribution >= 4 is 28.9 Å². The van der Waals surface area contributed by atoms with Gasteiger partial charge in [0.1, 0.15) is 0 Å². The largest absolute Gasteiger partial charge is 0.376 e. The van der Waals surface area contributed by atoms with Gasteiger partial charge in [0, 0.05) is 49.9 Å². The van der Waals surface area contributed by atoms with Crippen LogP contribution in [0.2, 0.25) is 0 Å². The van der Waals surface area contributed by atoms with E-state index in [0.717, 1.165) is 48.6 Å². The molecule has 5 rings (SSSR count). The highest BCUT2D eigenvalue weighted by Crippen LogP contribution is 2.39. The molecule has 1 amide bonds. The normalized spacial score (nSPS) is 21.8. The molecule has 0 aliphatic carbocycles. The average Bonchev–Trinajstić information content (AvgIpc) is 3.61. The van der Waals surface area contributed by atoms with Crippen LogP contribution in [0, 0.1) is 6.92 Å². The van der Waals surface area contributed by atoms with Crippen molar-refractivity contribution in [1.82, 2.24) is 19.8 Å². The van der Waals surface area contributed by atoms with Crippen LogP contribution in [-0.2, 0) is 16.1 Å². The molecule has 8 heteroatoms. The Kier molecular flexibility index (Phi) is 7.11. The van der Waals surface area contributed by atoms with E-state index in [-0.39, 0.29) is 24.1 Å². The third-order valence-corrected chi connectivity index (χ3v) is 7.14. The number of amides is 1. The summed E-state index contributed by atoms with van der Waals surface area (Å²) >= 11 is 5.78. The van der Waals surface area contributed by atoms with E-state index in [1.807, 2.05) is 49.4 Å². The molecule has 2 saturated heterocycles. The predicted octanol–water partition coefficient (Wildman–Crippen LogP) is 4.37. The number of hydrogen-bond acceptors (Lipinski definition) is 4. The van der Waals surface area contributed by atoms with Crippen LogP contribution in [0.5, 0.6) is 0 Å². The zero-order valence-corrected chi connectivity index (χ0v) is 20.7. The summed E-state index contributed by atoms with van der Waals surface area (Å²) in [7, 11) is 0. The minimum absolute atomic E-state index is 0.0307. The summed E-state index contributed by atoms with van der Waals surface area (Å²) in [6.07, 6.45) is 6.65. The lowest BCUT2D eigenvalue weighted by atomic mass is 10.0. The fourth-order valence-electron chi connectivity index (χ4n) is 4.99. The van der Waals surface area contributed by atoms with E-state index in [1.165, 1.54) is 0 Å². The van der Waals surface area contributed by atoms with Crippen LogP contribution in [0.25, 0.3) is 0 Å². The second kappa shape index (κ2) is 10.6. The van der Waals surface area contributed by atoms with Gasteiger partial charge in [-0.3, -0.25) is 9.78 Å². The van der Waals surface area contributed by atoms with Crippen molar-refractivity contribution in [3.63, 3.8) is 0 Å². The Morgan fingerprint density at radius 1 is 1.20 bits per heavy atom. The van der Waals surface area contributed by atoms with Gasteiger partial charge in [0.15, 0.2) is 5.11 Å². The first kappa shape index (κ1) is 23.5. The fraction of sp³-hybridized carbons (Fsp3) is 0.370. The van der Waals surface area contributed by atoms with Gasteiger partial charge in [-0.25, -0.2) is 0 Å². The van der Waals surface area contributed by atoms with Crippen molar-refractivity contribution < 1.29 is 9.53 Å². The molecule has 0 radical (unpaired) electrons. The molecule has 4 heterocycles. The lowest BCUT2D eigenvalue weighted by molar-refractivity contribution is -0.116. The van der Waals surface area contributed by atoms with Crippen LogP contribution in [-0.4, -0.2) is 44.7 Å². The molecule has 3 atom stereocenters. The van der Waals surface area contributed by atoms with Gasteiger partial charge in [-0.2, -0.15) is 0 Å². The topological polar surface area (TPSA) is 71.4 Å². The zero-order chi connectivity index (χ0) is 24.2. The second-order valence-electron chi connectivity index (χ2n) is 9.15. The molecule has 2 aliphatic rings. The molecule has 0 bridgehead atoms. The predicted molar refractivity (Wildman–Crippen MR) is 140 cm³/mol. The summed E-state index contributed by atoms with van der Waals surface area (Å²) in [4.78, 5) is 19.6. The van der Waals surface area contributed by atoms with E-state index in [2.05, 4.69) is 43.4 Å². The second-order valence-corrected chi connectivity index (χ2v) is 9.54. The number of aromatic nitrogens is 2. The van der Waals surface area contributed by atoms with Crippen LogP contribution in [0.3, 0.4) is 0 Å². The Balaban J connectivity index is 1.38. The Labute approximate surface area is 211 Å². The van der Waals surface area contributed by atoms with Crippen molar-refractivity contribution in [3.05, 3.63) is 83.9 Å². The van der Waals surface area contributed by atoms with Gasteiger partial charge >= 0.3 is 0 Å². The molecule has 182 valence electrons. The Hall–Kier alpha value is -3.23. The molecular formula is C27H31N5O2S. The average molecular weight is 490 g/mol. The Morgan fingerprint density at radius 3 is 2.83 bits per heavy atom. The number of hydrogen-bond donors (Lipinski definition) is 2. The van der Waals surface area contributed by atoms with Crippen molar-refractivity contribution in [1.29, 1.82) is 0 Å². The monoisotopic (exact) mass is 489 g/mol. The van der Waals surface area contributed by atoms with Gasteiger partial charge in [0.2, 0.25) is 5.91 Å². The summed E-state index contributed by atoms with van der Waals surface area (Å²) in [5, 5.41) is 7.16. The molecule has 2 aromatic heterocycles. The first-order valence-corrected chi connectivity index (χ1v) is 12.6. The van der Waals surface area contributed by atoms with E-state index in [9.17, 15) is 4.79 Å². The van der Waals surface area contributed by atoms with Crippen molar-refractivity contribution in [2.45, 2.75) is 50.9 Å². The van der Waals surface area contributed by atoms with Gasteiger partial charge in [0.25, 0.3) is 0 Å². The van der Waals surface area contributed by atoms with Crippen molar-refractivity contribution in [2.24, 2.45) is 0 Å². The molecular weight excluding hydrogens is 458 g/mol. The molecule has 7 nitrogen and oxygen atoms in total. The molecule has 0 saturated carbocycles. The van der Waals surface area contributed by atoms with Crippen LogP contribution in [0.4, 0.5) is 5.69 Å². The quantitative estimate of drug-likeness (QED) is 0.458. The van der Waals surface area contributed by atoms with Crippen molar-refractivity contribution in [3.8, 4) is 0 Å². The van der Waals surface area contributed by atoms with Gasteiger partial charge < -0.3 is 24.8 Å². The van der Waals surface area contributed by atoms with Gasteiger partial charge in [-0.15, -0.1) is 0 Å². The molecule has 2 N–H and O–H groups in total. The first-order valence-electron chi connectivity index (χ1n) is 12.2. The molecule has 3 aromatic rings. The molecule has 1 aromatic carbocycles. The fourth-order valence-corrected chi connectivity index (χ4v) is 5.32. The maximum absolute atomic E-state index is 12.8. The number of carbonyl (C=O) groups is 1. The molecule has 0 spiro atoms. The lowest BCUT2D eigenvalue weighted by Gasteiger charge is -2.29.